The van der Waals surface area contributed by atoms with Crippen LogP contribution >= 0.6 is 23.2 Å². The summed E-state index contributed by atoms with van der Waals surface area (Å²) < 4.78 is 5.02. The Balaban J connectivity index is 2.25. The molecule has 2 rings (SSSR count). The van der Waals surface area contributed by atoms with E-state index in [1.54, 1.807) is 18.2 Å². The van der Waals surface area contributed by atoms with Crippen LogP contribution in [0.5, 0.6) is 5.75 Å². The maximum atomic E-state index is 12.3. The number of carboxylic acid groups (broad SMARTS) is 1. The minimum absolute atomic E-state index is 0.0144. The Morgan fingerprint density at radius 3 is 2.48 bits per heavy atom. The van der Waals surface area contributed by atoms with Gasteiger partial charge in [-0.05, 0) is 48.4 Å². The number of nitrogens with one attached hydrogen (secondary N) is 1. The highest BCUT2D eigenvalue weighted by Crippen LogP contribution is 2.34. The number of anilines is 1. The van der Waals surface area contributed by atoms with Gasteiger partial charge < -0.3 is 15.2 Å². The van der Waals surface area contributed by atoms with Crippen LogP contribution in [0.15, 0.2) is 42.0 Å². The number of rotatable bonds is 6. The second-order valence-electron chi connectivity index (χ2n) is 5.49. The number of carbonyl (C=O) groups is 2. The molecule has 1 amide bonds. The molecule has 0 atom stereocenters. The van der Waals surface area contributed by atoms with Crippen molar-refractivity contribution in [2.75, 3.05) is 11.9 Å². The van der Waals surface area contributed by atoms with E-state index in [0.29, 0.717) is 11.3 Å². The lowest BCUT2D eigenvalue weighted by Gasteiger charge is -2.09. The van der Waals surface area contributed by atoms with Gasteiger partial charge in [-0.1, -0.05) is 35.3 Å². The fraction of sp³-hybridized carbons (Fsp3) is 0.105. The number of halogens is 2. The molecule has 0 bridgehead atoms. The Hall–Kier alpha value is -3.01. The summed E-state index contributed by atoms with van der Waals surface area (Å²) in [4.78, 5) is 22.9. The fourth-order valence-electron chi connectivity index (χ4n) is 2.17. The summed E-state index contributed by atoms with van der Waals surface area (Å²) in [5, 5.41) is 20.7. The lowest BCUT2D eigenvalue weighted by Crippen LogP contribution is -2.13. The average molecular weight is 405 g/mol. The van der Waals surface area contributed by atoms with Gasteiger partial charge in [-0.15, -0.1) is 0 Å². The van der Waals surface area contributed by atoms with Crippen LogP contribution in [-0.2, 0) is 9.59 Å². The van der Waals surface area contributed by atoms with Crippen molar-refractivity contribution < 1.29 is 19.4 Å². The van der Waals surface area contributed by atoms with Crippen molar-refractivity contribution in [3.63, 3.8) is 0 Å². The van der Waals surface area contributed by atoms with Gasteiger partial charge in [0.05, 0.1) is 10.0 Å². The zero-order chi connectivity index (χ0) is 20.0. The molecule has 2 aromatic rings. The molecule has 138 valence electrons. The Morgan fingerprint density at radius 2 is 1.93 bits per heavy atom. The molecule has 0 aliphatic rings. The number of carbonyl (C=O) groups excluding carboxylic acids is 1. The van der Waals surface area contributed by atoms with Crippen molar-refractivity contribution in [3.8, 4) is 11.8 Å². The van der Waals surface area contributed by atoms with Gasteiger partial charge in [0.2, 0.25) is 0 Å². The number of aryl methyl sites for hydroxylation is 1. The molecule has 0 fully saturated rings. The van der Waals surface area contributed by atoms with Crippen molar-refractivity contribution >= 4 is 46.8 Å². The van der Waals surface area contributed by atoms with Gasteiger partial charge >= 0.3 is 5.97 Å². The lowest BCUT2D eigenvalue weighted by atomic mass is 10.1. The van der Waals surface area contributed by atoms with Crippen molar-refractivity contribution in [1.82, 2.24) is 0 Å². The van der Waals surface area contributed by atoms with Crippen LogP contribution in [0.1, 0.15) is 11.1 Å². The quantitative estimate of drug-likeness (QED) is 0.551. The summed E-state index contributed by atoms with van der Waals surface area (Å²) in [6.45, 7) is 1.28. The fourth-order valence-corrected chi connectivity index (χ4v) is 2.78. The molecule has 0 radical (unpaired) electrons. The molecule has 8 heteroatoms. The zero-order valence-electron chi connectivity index (χ0n) is 14.1. The summed E-state index contributed by atoms with van der Waals surface area (Å²) in [5.74, 6) is -1.74. The number of hydrogen-bond acceptors (Lipinski definition) is 4. The summed E-state index contributed by atoms with van der Waals surface area (Å²) in [7, 11) is 0. The summed E-state index contributed by atoms with van der Waals surface area (Å²) in [6.07, 6.45) is 1.32. The number of ether oxygens (including phenoxy) is 1. The number of nitrogens with zero attached hydrogens (tertiary/aromatic N) is 1. The number of benzene rings is 2. The second-order valence-corrected chi connectivity index (χ2v) is 6.30. The number of aliphatic carboxylic acids is 1. The van der Waals surface area contributed by atoms with E-state index in [1.807, 2.05) is 19.1 Å². The van der Waals surface area contributed by atoms with E-state index in [1.165, 1.54) is 18.2 Å². The number of carboxylic acids is 1. The molecule has 0 heterocycles. The molecule has 0 saturated heterocycles. The van der Waals surface area contributed by atoms with Crippen LogP contribution in [0.4, 0.5) is 5.69 Å². The van der Waals surface area contributed by atoms with E-state index in [9.17, 15) is 14.9 Å². The van der Waals surface area contributed by atoms with E-state index in [4.69, 9.17) is 33.0 Å². The molecular formula is C19H14Cl2N2O4. The SMILES string of the molecule is Cc1cccc(NC(=O)/C(C#N)=C/c2cc(Cl)c(OCC(=O)O)c(Cl)c2)c1. The first-order valence-electron chi connectivity index (χ1n) is 7.63. The third-order valence-corrected chi connectivity index (χ3v) is 3.87. The van der Waals surface area contributed by atoms with E-state index in [0.717, 1.165) is 5.56 Å². The normalized spacial score (nSPS) is 10.8. The van der Waals surface area contributed by atoms with Gasteiger partial charge in [0.1, 0.15) is 11.6 Å². The molecule has 0 aliphatic heterocycles. The van der Waals surface area contributed by atoms with Gasteiger partial charge in [-0.3, -0.25) is 4.79 Å². The largest absolute Gasteiger partial charge is 0.479 e. The highest BCUT2D eigenvalue weighted by Gasteiger charge is 2.14. The van der Waals surface area contributed by atoms with Crippen molar-refractivity contribution in [2.24, 2.45) is 0 Å². The zero-order valence-corrected chi connectivity index (χ0v) is 15.6. The van der Waals surface area contributed by atoms with Crippen LogP contribution in [0.25, 0.3) is 6.08 Å². The van der Waals surface area contributed by atoms with Gasteiger partial charge in [0, 0.05) is 5.69 Å². The molecule has 0 aromatic heterocycles. The molecule has 2 aromatic carbocycles. The van der Waals surface area contributed by atoms with Gasteiger partial charge in [0.25, 0.3) is 5.91 Å². The minimum atomic E-state index is -1.18. The van der Waals surface area contributed by atoms with Crippen LogP contribution in [-0.4, -0.2) is 23.6 Å². The minimum Gasteiger partial charge on any atom is -0.479 e. The third kappa shape index (κ3) is 5.74. The predicted octanol–water partition coefficient (Wildman–Crippen LogP) is 4.31. The molecule has 0 spiro atoms. The summed E-state index contributed by atoms with van der Waals surface area (Å²) in [6, 6.07) is 11.8. The first-order chi connectivity index (χ1) is 12.8. The van der Waals surface area contributed by atoms with Gasteiger partial charge in [0.15, 0.2) is 12.4 Å². The number of nitriles is 1. The van der Waals surface area contributed by atoms with E-state index >= 15 is 0 Å². The maximum Gasteiger partial charge on any atom is 0.341 e. The van der Waals surface area contributed by atoms with Crippen LogP contribution in [0.2, 0.25) is 10.0 Å². The highest BCUT2D eigenvalue weighted by atomic mass is 35.5. The van der Waals surface area contributed by atoms with Gasteiger partial charge in [-0.25, -0.2) is 4.79 Å². The molecule has 27 heavy (non-hydrogen) atoms. The molecule has 0 aliphatic carbocycles. The summed E-state index contributed by atoms with van der Waals surface area (Å²) >= 11 is 12.1. The first-order valence-corrected chi connectivity index (χ1v) is 8.39. The second kappa shape index (κ2) is 9.08. The predicted molar refractivity (Wildman–Crippen MR) is 103 cm³/mol. The molecule has 0 unspecified atom stereocenters. The number of hydrogen-bond donors (Lipinski definition) is 2. The molecular weight excluding hydrogens is 391 g/mol. The van der Waals surface area contributed by atoms with Gasteiger partial charge in [-0.2, -0.15) is 5.26 Å². The summed E-state index contributed by atoms with van der Waals surface area (Å²) in [5.41, 5.74) is 1.77. The molecule has 0 saturated carbocycles. The Morgan fingerprint density at radius 1 is 1.26 bits per heavy atom. The van der Waals surface area contributed by atoms with E-state index < -0.39 is 18.5 Å². The van der Waals surface area contributed by atoms with Crippen molar-refractivity contribution in [1.29, 1.82) is 5.26 Å². The highest BCUT2D eigenvalue weighted by molar-refractivity contribution is 6.37. The van der Waals surface area contributed by atoms with Crippen molar-refractivity contribution in [3.05, 3.63) is 63.1 Å². The van der Waals surface area contributed by atoms with Crippen LogP contribution in [0, 0.1) is 18.3 Å². The Labute approximate surface area is 165 Å². The maximum absolute atomic E-state index is 12.3. The number of amides is 1. The topological polar surface area (TPSA) is 99.4 Å². The van der Waals surface area contributed by atoms with Crippen molar-refractivity contribution in [2.45, 2.75) is 6.92 Å². The van der Waals surface area contributed by atoms with E-state index in [-0.39, 0.29) is 21.4 Å². The lowest BCUT2D eigenvalue weighted by molar-refractivity contribution is -0.139. The standard InChI is InChI=1S/C19H14Cl2N2O4/c1-11-3-2-4-14(5-11)23-19(26)13(9-22)6-12-7-15(20)18(16(21)8-12)27-10-17(24)25/h2-8H,10H2,1H3,(H,23,26)(H,24,25)/b13-6+. The van der Waals surface area contributed by atoms with Crippen LogP contribution in [0.3, 0.4) is 0 Å². The van der Waals surface area contributed by atoms with Crippen LogP contribution < -0.4 is 10.1 Å². The smallest absolute Gasteiger partial charge is 0.341 e. The molecule has 6 nitrogen and oxygen atoms in total. The third-order valence-electron chi connectivity index (χ3n) is 3.31. The monoisotopic (exact) mass is 404 g/mol. The Bertz CT molecular complexity index is 941. The first kappa shape index (κ1) is 20.3. The Kier molecular flexibility index (Phi) is 6.83. The van der Waals surface area contributed by atoms with E-state index in [2.05, 4.69) is 5.32 Å². The molecule has 2 N–H and O–H groups in total. The average Bonchev–Trinajstić information content (AvgIpc) is 2.58.